The van der Waals surface area contributed by atoms with Crippen LogP contribution in [-0.2, 0) is 22.7 Å². The third-order valence-corrected chi connectivity index (χ3v) is 6.57. The molecule has 0 spiro atoms. The largest absolute Gasteiger partial charge is 0.480 e. The molecule has 1 saturated heterocycles. The quantitative estimate of drug-likeness (QED) is 0.535. The van der Waals surface area contributed by atoms with Gasteiger partial charge >= 0.3 is 12.0 Å². The molecule has 35 heavy (non-hydrogen) atoms. The van der Waals surface area contributed by atoms with E-state index in [0.717, 1.165) is 16.7 Å². The van der Waals surface area contributed by atoms with Gasteiger partial charge in [0.1, 0.15) is 6.04 Å². The first-order valence-electron chi connectivity index (χ1n) is 11.6. The smallest absolute Gasteiger partial charge is 0.329 e. The highest BCUT2D eigenvalue weighted by Gasteiger charge is 2.54. The molecule has 0 aromatic heterocycles. The van der Waals surface area contributed by atoms with E-state index in [1.165, 1.54) is 14.7 Å². The van der Waals surface area contributed by atoms with Crippen LogP contribution in [0.1, 0.15) is 29.7 Å². The van der Waals surface area contributed by atoms with E-state index >= 15 is 0 Å². The average Bonchev–Trinajstić information content (AvgIpc) is 3.15. The minimum Gasteiger partial charge on any atom is -0.480 e. The summed E-state index contributed by atoms with van der Waals surface area (Å²) in [7, 11) is 1.66. The minimum absolute atomic E-state index is 0.101. The molecule has 3 unspecified atom stereocenters. The third kappa shape index (κ3) is 5.04. The van der Waals surface area contributed by atoms with E-state index in [2.05, 4.69) is 0 Å². The number of rotatable bonds is 8. The van der Waals surface area contributed by atoms with Gasteiger partial charge in [-0.25, -0.2) is 9.59 Å². The molecule has 0 bridgehead atoms. The van der Waals surface area contributed by atoms with Crippen LogP contribution in [0.2, 0.25) is 0 Å². The molecule has 3 atom stereocenters. The van der Waals surface area contributed by atoms with Crippen molar-refractivity contribution in [2.24, 2.45) is 0 Å². The highest BCUT2D eigenvalue weighted by atomic mass is 16.4. The number of aliphatic carboxylic acids is 1. The Balaban J connectivity index is 1.71. The van der Waals surface area contributed by atoms with Gasteiger partial charge in [0.2, 0.25) is 5.91 Å². The molecule has 3 amide bonds. The molecule has 180 valence electrons. The number of hydrogen-bond donors (Lipinski definition) is 1. The van der Waals surface area contributed by atoms with E-state index in [1.54, 1.807) is 7.05 Å². The second kappa shape index (κ2) is 10.4. The van der Waals surface area contributed by atoms with Crippen molar-refractivity contribution in [2.75, 3.05) is 7.05 Å². The van der Waals surface area contributed by atoms with Crippen LogP contribution in [0.15, 0.2) is 91.0 Å². The summed E-state index contributed by atoms with van der Waals surface area (Å²) in [6.07, 6.45) is 0. The van der Waals surface area contributed by atoms with E-state index in [1.807, 2.05) is 97.9 Å². The molecular weight excluding hydrogens is 442 g/mol. The van der Waals surface area contributed by atoms with Crippen molar-refractivity contribution < 1.29 is 19.5 Å². The molecule has 0 saturated carbocycles. The Morgan fingerprint density at radius 1 is 0.800 bits per heavy atom. The fourth-order valence-corrected chi connectivity index (χ4v) is 4.53. The molecule has 0 aliphatic carbocycles. The van der Waals surface area contributed by atoms with Gasteiger partial charge in [-0.3, -0.25) is 4.79 Å². The molecule has 4 rings (SSSR count). The number of benzene rings is 3. The number of nitrogens with zero attached hydrogens (tertiary/aromatic N) is 3. The molecule has 1 N–H and O–H groups in total. The van der Waals surface area contributed by atoms with Gasteiger partial charge in [-0.05, 0) is 23.6 Å². The first-order valence-corrected chi connectivity index (χ1v) is 11.6. The maximum absolute atomic E-state index is 13.9. The average molecular weight is 472 g/mol. The molecule has 1 fully saturated rings. The van der Waals surface area contributed by atoms with Gasteiger partial charge in [-0.15, -0.1) is 0 Å². The van der Waals surface area contributed by atoms with Gasteiger partial charge in [0.05, 0.1) is 6.04 Å². The fraction of sp³-hybridized carbons (Fsp3) is 0.250. The number of carboxylic acid groups (broad SMARTS) is 1. The van der Waals surface area contributed by atoms with E-state index in [9.17, 15) is 19.5 Å². The Hall–Kier alpha value is -4.13. The molecule has 7 nitrogen and oxygen atoms in total. The third-order valence-electron chi connectivity index (χ3n) is 6.57. The number of urea groups is 1. The van der Waals surface area contributed by atoms with Gasteiger partial charge < -0.3 is 19.8 Å². The fourth-order valence-electron chi connectivity index (χ4n) is 4.53. The Labute approximate surface area is 205 Å². The second-order valence-electron chi connectivity index (χ2n) is 8.77. The van der Waals surface area contributed by atoms with Gasteiger partial charge in [0.15, 0.2) is 6.04 Å². The summed E-state index contributed by atoms with van der Waals surface area (Å²) in [4.78, 5) is 44.2. The van der Waals surface area contributed by atoms with Gasteiger partial charge in [0.25, 0.3) is 0 Å². The monoisotopic (exact) mass is 471 g/mol. The van der Waals surface area contributed by atoms with E-state index in [4.69, 9.17) is 0 Å². The second-order valence-corrected chi connectivity index (χ2v) is 8.77. The van der Waals surface area contributed by atoms with E-state index in [-0.39, 0.29) is 19.1 Å². The summed E-state index contributed by atoms with van der Waals surface area (Å²) >= 11 is 0. The maximum atomic E-state index is 13.9. The Morgan fingerprint density at radius 2 is 1.23 bits per heavy atom. The summed E-state index contributed by atoms with van der Waals surface area (Å²) in [5, 5.41) is 10.2. The van der Waals surface area contributed by atoms with E-state index < -0.39 is 30.0 Å². The predicted octanol–water partition coefficient (Wildman–Crippen LogP) is 4.17. The Bertz CT molecular complexity index is 1170. The number of carbonyl (C=O) groups excluding carboxylic acids is 2. The van der Waals surface area contributed by atoms with Crippen LogP contribution in [0, 0.1) is 0 Å². The van der Waals surface area contributed by atoms with Crippen molar-refractivity contribution in [1.29, 1.82) is 0 Å². The summed E-state index contributed by atoms with van der Waals surface area (Å²) in [6.45, 7) is 2.13. The molecule has 1 heterocycles. The van der Waals surface area contributed by atoms with E-state index in [0.29, 0.717) is 0 Å². The van der Waals surface area contributed by atoms with Crippen LogP contribution >= 0.6 is 0 Å². The molecule has 0 radical (unpaired) electrons. The summed E-state index contributed by atoms with van der Waals surface area (Å²) in [6, 6.07) is 24.8. The highest BCUT2D eigenvalue weighted by Crippen LogP contribution is 2.31. The van der Waals surface area contributed by atoms with Crippen molar-refractivity contribution >= 4 is 17.9 Å². The molecule has 3 aromatic carbocycles. The minimum atomic E-state index is -1.32. The van der Waals surface area contributed by atoms with Crippen LogP contribution in [-0.4, -0.2) is 56.8 Å². The molecular formula is C28H29N3O4. The molecule has 3 aromatic rings. The van der Waals surface area contributed by atoms with Crippen LogP contribution in [0.4, 0.5) is 4.79 Å². The zero-order chi connectivity index (χ0) is 24.9. The number of carboxylic acids is 1. The van der Waals surface area contributed by atoms with Crippen molar-refractivity contribution in [2.45, 2.75) is 38.1 Å². The lowest BCUT2D eigenvalue weighted by molar-refractivity contribution is -0.148. The molecule has 1 aliphatic heterocycles. The highest BCUT2D eigenvalue weighted by molar-refractivity contribution is 5.98. The first kappa shape index (κ1) is 24.0. The summed E-state index contributed by atoms with van der Waals surface area (Å²) in [5.41, 5.74) is 2.55. The van der Waals surface area contributed by atoms with Gasteiger partial charge in [-0.1, -0.05) is 91.0 Å². The molecule has 7 heteroatoms. The summed E-state index contributed by atoms with van der Waals surface area (Å²) < 4.78 is 0. The molecule has 1 aliphatic rings. The Kier molecular flexibility index (Phi) is 7.15. The van der Waals surface area contributed by atoms with Crippen molar-refractivity contribution in [1.82, 2.24) is 14.7 Å². The first-order chi connectivity index (χ1) is 16.9. The van der Waals surface area contributed by atoms with Gasteiger partial charge in [-0.2, -0.15) is 0 Å². The number of hydrogen-bond acceptors (Lipinski definition) is 3. The van der Waals surface area contributed by atoms with Crippen molar-refractivity contribution in [3.05, 3.63) is 108 Å². The standard InChI is InChI=1S/C28H29N3O4/c1-20(23-16-10-5-11-17-23)29(2)26(32)24-25(27(33)34)31(19-22-14-8-4-9-15-22)28(35)30(24)18-21-12-6-3-7-13-21/h3-17,20,24-25H,18-19H2,1-2H3,(H,33,34). The van der Waals surface area contributed by atoms with Crippen LogP contribution in [0.3, 0.4) is 0 Å². The lowest BCUT2D eigenvalue weighted by Crippen LogP contribution is -2.52. The van der Waals surface area contributed by atoms with Crippen molar-refractivity contribution in [3.8, 4) is 0 Å². The van der Waals surface area contributed by atoms with Gasteiger partial charge in [0, 0.05) is 20.1 Å². The zero-order valence-electron chi connectivity index (χ0n) is 19.8. The summed E-state index contributed by atoms with van der Waals surface area (Å²) in [5.74, 6) is -1.61. The van der Waals surface area contributed by atoms with Crippen molar-refractivity contribution in [3.63, 3.8) is 0 Å². The lowest BCUT2D eigenvalue weighted by Gasteiger charge is -2.32. The topological polar surface area (TPSA) is 81.2 Å². The zero-order valence-corrected chi connectivity index (χ0v) is 19.8. The van der Waals surface area contributed by atoms with Crippen LogP contribution in [0.25, 0.3) is 0 Å². The van der Waals surface area contributed by atoms with Crippen LogP contribution in [0.5, 0.6) is 0 Å². The number of carbonyl (C=O) groups is 3. The predicted molar refractivity (Wildman–Crippen MR) is 132 cm³/mol. The SMILES string of the molecule is CC(c1ccccc1)N(C)C(=O)C1C(C(=O)O)N(Cc2ccccc2)C(=O)N1Cc1ccccc1. The Morgan fingerprint density at radius 3 is 1.69 bits per heavy atom. The number of amides is 3. The lowest BCUT2D eigenvalue weighted by atomic mass is 10.0. The maximum Gasteiger partial charge on any atom is 0.329 e. The normalized spacial score (nSPS) is 18.4. The number of likely N-dealkylation sites (N-methyl/N-ethyl adjacent to an activating group) is 1. The van der Waals surface area contributed by atoms with Crippen LogP contribution < -0.4 is 0 Å².